The van der Waals surface area contributed by atoms with Crippen LogP contribution in [0.3, 0.4) is 0 Å². The van der Waals surface area contributed by atoms with Gasteiger partial charge in [0, 0.05) is 18.9 Å². The summed E-state index contributed by atoms with van der Waals surface area (Å²) in [6.45, 7) is 1.47. The summed E-state index contributed by atoms with van der Waals surface area (Å²) in [5.41, 5.74) is 0.589. The van der Waals surface area contributed by atoms with Gasteiger partial charge in [0.15, 0.2) is 6.61 Å². The summed E-state index contributed by atoms with van der Waals surface area (Å²) in [6, 6.07) is 8.17. The minimum Gasteiger partial charge on any atom is -0.451 e. The van der Waals surface area contributed by atoms with Crippen molar-refractivity contribution in [1.82, 2.24) is 10.6 Å². The standard InChI is InChI=1S/C21H26N4O5/c1-14-7-5-6-10-16(14)22-21(29)23-18(26)13-30-20(28)17-11-12-19(27)25(24-17)15-8-3-2-4-9-15/h2-4,8-9,14,16H,5-7,10-13H2,1H3,(H2,22,23,26,29)/t14-,16-/m1/s1. The fourth-order valence-corrected chi connectivity index (χ4v) is 3.58. The van der Waals surface area contributed by atoms with Crippen LogP contribution < -0.4 is 15.6 Å². The zero-order chi connectivity index (χ0) is 21.5. The maximum absolute atomic E-state index is 12.3. The van der Waals surface area contributed by atoms with E-state index in [1.165, 1.54) is 0 Å². The molecule has 1 aromatic carbocycles. The van der Waals surface area contributed by atoms with E-state index in [1.54, 1.807) is 30.3 Å². The molecular formula is C21H26N4O5. The lowest BCUT2D eigenvalue weighted by Gasteiger charge is -2.29. The number of urea groups is 1. The van der Waals surface area contributed by atoms with Crippen molar-refractivity contribution < 1.29 is 23.9 Å². The van der Waals surface area contributed by atoms with E-state index in [0.29, 0.717) is 11.6 Å². The van der Waals surface area contributed by atoms with Crippen LogP contribution >= 0.6 is 0 Å². The molecule has 1 fully saturated rings. The van der Waals surface area contributed by atoms with E-state index in [-0.39, 0.29) is 30.5 Å². The molecule has 1 heterocycles. The van der Waals surface area contributed by atoms with E-state index in [2.05, 4.69) is 22.7 Å². The molecule has 0 radical (unpaired) electrons. The van der Waals surface area contributed by atoms with Crippen LogP contribution in [-0.2, 0) is 19.1 Å². The summed E-state index contributed by atoms with van der Waals surface area (Å²) >= 11 is 0. The average Bonchev–Trinajstić information content (AvgIpc) is 2.74. The largest absolute Gasteiger partial charge is 0.451 e. The molecule has 2 aliphatic rings. The summed E-state index contributed by atoms with van der Waals surface area (Å²) in [7, 11) is 0. The predicted molar refractivity (Wildman–Crippen MR) is 110 cm³/mol. The molecule has 1 saturated carbocycles. The number of rotatable bonds is 5. The monoisotopic (exact) mass is 414 g/mol. The highest BCUT2D eigenvalue weighted by Gasteiger charge is 2.27. The molecule has 2 atom stereocenters. The van der Waals surface area contributed by atoms with Crippen LogP contribution in [0, 0.1) is 5.92 Å². The molecular weight excluding hydrogens is 388 g/mol. The summed E-state index contributed by atoms with van der Waals surface area (Å²) in [4.78, 5) is 48.3. The van der Waals surface area contributed by atoms with E-state index < -0.39 is 24.5 Å². The normalized spacial score (nSPS) is 21.4. The molecule has 1 aromatic rings. The Morgan fingerprint density at radius 2 is 1.87 bits per heavy atom. The van der Waals surface area contributed by atoms with Crippen LogP contribution in [0.4, 0.5) is 10.5 Å². The second-order valence-corrected chi connectivity index (χ2v) is 7.55. The number of anilines is 1. The number of carbonyl (C=O) groups excluding carboxylic acids is 4. The Balaban J connectivity index is 1.49. The van der Waals surface area contributed by atoms with Crippen LogP contribution in [0.1, 0.15) is 45.4 Å². The molecule has 160 valence electrons. The third-order valence-electron chi connectivity index (χ3n) is 5.28. The van der Waals surface area contributed by atoms with E-state index in [1.807, 2.05) is 0 Å². The first-order valence-electron chi connectivity index (χ1n) is 10.2. The summed E-state index contributed by atoms with van der Waals surface area (Å²) in [5.74, 6) is -1.39. The number of carbonyl (C=O) groups is 4. The second-order valence-electron chi connectivity index (χ2n) is 7.55. The molecule has 0 bridgehead atoms. The van der Waals surface area contributed by atoms with Gasteiger partial charge in [0.2, 0.25) is 5.91 Å². The number of esters is 1. The van der Waals surface area contributed by atoms with Gasteiger partial charge in [-0.05, 0) is 30.9 Å². The number of nitrogens with zero attached hydrogens (tertiary/aromatic N) is 2. The van der Waals surface area contributed by atoms with Gasteiger partial charge in [-0.15, -0.1) is 0 Å². The fraction of sp³-hybridized carbons (Fsp3) is 0.476. The van der Waals surface area contributed by atoms with Crippen LogP contribution in [-0.4, -0.2) is 42.2 Å². The molecule has 0 saturated heterocycles. The van der Waals surface area contributed by atoms with Gasteiger partial charge in [-0.25, -0.2) is 14.6 Å². The molecule has 0 spiro atoms. The number of hydrogen-bond acceptors (Lipinski definition) is 6. The summed E-state index contributed by atoms with van der Waals surface area (Å²) in [6.07, 6.45) is 4.35. The Hall–Kier alpha value is -3.23. The zero-order valence-electron chi connectivity index (χ0n) is 16.9. The van der Waals surface area contributed by atoms with Crippen LogP contribution in [0.2, 0.25) is 0 Å². The lowest BCUT2D eigenvalue weighted by Crippen LogP contribution is -2.48. The van der Waals surface area contributed by atoms with Gasteiger partial charge >= 0.3 is 12.0 Å². The van der Waals surface area contributed by atoms with Crippen molar-refractivity contribution in [3.05, 3.63) is 30.3 Å². The number of hydrogen-bond donors (Lipinski definition) is 2. The Morgan fingerprint density at radius 1 is 1.13 bits per heavy atom. The first kappa shape index (κ1) is 21.5. The smallest absolute Gasteiger partial charge is 0.355 e. The third kappa shape index (κ3) is 5.65. The number of benzene rings is 1. The van der Waals surface area contributed by atoms with E-state index >= 15 is 0 Å². The first-order valence-corrected chi connectivity index (χ1v) is 10.2. The SMILES string of the molecule is C[C@@H]1CCCC[C@H]1NC(=O)NC(=O)COC(=O)C1=NN(c2ccccc2)C(=O)CC1. The Kier molecular flexibility index (Phi) is 7.16. The minimum absolute atomic E-state index is 0.0344. The highest BCUT2D eigenvalue weighted by molar-refractivity contribution is 6.38. The van der Waals surface area contributed by atoms with Crippen molar-refractivity contribution in [1.29, 1.82) is 0 Å². The van der Waals surface area contributed by atoms with E-state index in [0.717, 1.165) is 30.7 Å². The predicted octanol–water partition coefficient (Wildman–Crippen LogP) is 2.12. The average molecular weight is 414 g/mol. The molecule has 0 unspecified atom stereocenters. The molecule has 9 nitrogen and oxygen atoms in total. The second kappa shape index (κ2) is 10.00. The number of imide groups is 1. The Morgan fingerprint density at radius 3 is 2.60 bits per heavy atom. The van der Waals surface area contributed by atoms with E-state index in [4.69, 9.17) is 4.74 Å². The van der Waals surface area contributed by atoms with Gasteiger partial charge in [0.25, 0.3) is 5.91 Å². The number of amides is 4. The van der Waals surface area contributed by atoms with Crippen molar-refractivity contribution in [3.63, 3.8) is 0 Å². The van der Waals surface area contributed by atoms with Crippen molar-refractivity contribution in [2.24, 2.45) is 11.0 Å². The van der Waals surface area contributed by atoms with Gasteiger partial charge in [0.1, 0.15) is 5.71 Å². The number of para-hydroxylation sites is 1. The molecule has 30 heavy (non-hydrogen) atoms. The zero-order valence-corrected chi connectivity index (χ0v) is 16.9. The topological polar surface area (TPSA) is 117 Å². The summed E-state index contributed by atoms with van der Waals surface area (Å²) in [5, 5.41) is 10.2. The molecule has 1 aliphatic heterocycles. The Bertz CT molecular complexity index is 839. The van der Waals surface area contributed by atoms with Crippen LogP contribution in [0.15, 0.2) is 35.4 Å². The minimum atomic E-state index is -0.792. The van der Waals surface area contributed by atoms with Gasteiger partial charge in [-0.2, -0.15) is 5.10 Å². The maximum atomic E-state index is 12.3. The van der Waals surface area contributed by atoms with Gasteiger partial charge in [-0.3, -0.25) is 14.9 Å². The molecule has 1 aliphatic carbocycles. The number of ether oxygens (including phenoxy) is 1. The third-order valence-corrected chi connectivity index (χ3v) is 5.28. The summed E-state index contributed by atoms with van der Waals surface area (Å²) < 4.78 is 4.98. The van der Waals surface area contributed by atoms with Crippen molar-refractivity contribution in [2.45, 2.75) is 51.5 Å². The highest BCUT2D eigenvalue weighted by Crippen LogP contribution is 2.23. The fourth-order valence-electron chi connectivity index (χ4n) is 3.58. The van der Waals surface area contributed by atoms with Crippen molar-refractivity contribution >= 4 is 35.2 Å². The van der Waals surface area contributed by atoms with Gasteiger partial charge in [-0.1, -0.05) is 38.0 Å². The first-order chi connectivity index (χ1) is 14.4. The molecule has 4 amide bonds. The lowest BCUT2D eigenvalue weighted by atomic mass is 9.86. The molecule has 2 N–H and O–H groups in total. The molecule has 9 heteroatoms. The van der Waals surface area contributed by atoms with Crippen LogP contribution in [0.5, 0.6) is 0 Å². The highest BCUT2D eigenvalue weighted by atomic mass is 16.5. The number of hydrazone groups is 1. The maximum Gasteiger partial charge on any atom is 0.355 e. The van der Waals surface area contributed by atoms with Gasteiger partial charge in [0.05, 0.1) is 5.69 Å². The van der Waals surface area contributed by atoms with Gasteiger partial charge < -0.3 is 10.1 Å². The molecule has 0 aromatic heterocycles. The lowest BCUT2D eigenvalue weighted by molar-refractivity contribution is -0.142. The molecule has 3 rings (SSSR count). The van der Waals surface area contributed by atoms with Crippen LogP contribution in [0.25, 0.3) is 0 Å². The van der Waals surface area contributed by atoms with Crippen molar-refractivity contribution in [2.75, 3.05) is 11.6 Å². The number of nitrogens with one attached hydrogen (secondary N) is 2. The Labute approximate surface area is 174 Å². The van der Waals surface area contributed by atoms with E-state index in [9.17, 15) is 19.2 Å². The van der Waals surface area contributed by atoms with Crippen molar-refractivity contribution in [3.8, 4) is 0 Å². The quantitative estimate of drug-likeness (QED) is 0.716.